The Kier molecular flexibility index (Phi) is 6.51. The van der Waals surface area contributed by atoms with Gasteiger partial charge in [-0.25, -0.2) is 9.97 Å². The molecule has 5 rings (SSSR count). The molecular weight excluding hydrogens is 452 g/mol. The van der Waals surface area contributed by atoms with Crippen LogP contribution in [0.25, 0.3) is 11.3 Å². The number of hydrogen-bond donors (Lipinski definition) is 2. The van der Waals surface area contributed by atoms with Crippen LogP contribution in [0.4, 0.5) is 23.0 Å². The van der Waals surface area contributed by atoms with E-state index in [1.54, 1.807) is 6.20 Å². The highest BCUT2D eigenvalue weighted by molar-refractivity contribution is 6.33. The number of nitrogens with two attached hydrogens (primary N) is 1. The minimum atomic E-state index is -0.272. The van der Waals surface area contributed by atoms with Gasteiger partial charge in [0.05, 0.1) is 29.6 Å². The number of anilines is 4. The highest BCUT2D eigenvalue weighted by atomic mass is 35.5. The first-order chi connectivity index (χ1) is 16.6. The molecule has 3 N–H and O–H groups in total. The van der Waals surface area contributed by atoms with Gasteiger partial charge in [-0.3, -0.25) is 4.79 Å². The van der Waals surface area contributed by atoms with Gasteiger partial charge in [-0.15, -0.1) is 0 Å². The Bertz CT molecular complexity index is 1170. The first-order valence-corrected chi connectivity index (χ1v) is 11.8. The van der Waals surface area contributed by atoms with E-state index in [1.165, 1.54) is 0 Å². The van der Waals surface area contributed by atoms with Gasteiger partial charge in [-0.05, 0) is 49.2 Å². The zero-order chi connectivity index (χ0) is 23.5. The van der Waals surface area contributed by atoms with E-state index >= 15 is 0 Å². The van der Waals surface area contributed by atoms with Crippen molar-refractivity contribution in [2.75, 3.05) is 48.0 Å². The van der Waals surface area contributed by atoms with Crippen LogP contribution in [0.2, 0.25) is 5.02 Å². The van der Waals surface area contributed by atoms with Crippen LogP contribution in [-0.2, 0) is 9.53 Å². The van der Waals surface area contributed by atoms with Crippen LogP contribution in [0.5, 0.6) is 0 Å². The van der Waals surface area contributed by atoms with E-state index in [1.807, 2.05) is 48.5 Å². The van der Waals surface area contributed by atoms with Crippen LogP contribution in [0.1, 0.15) is 12.8 Å². The van der Waals surface area contributed by atoms with Crippen molar-refractivity contribution in [2.24, 2.45) is 5.73 Å². The maximum Gasteiger partial charge on any atom is 0.240 e. The van der Waals surface area contributed by atoms with Gasteiger partial charge in [-0.2, -0.15) is 0 Å². The minimum absolute atomic E-state index is 0.234. The lowest BCUT2D eigenvalue weighted by atomic mass is 10.1. The number of halogens is 1. The Hall–Kier alpha value is -3.36. The SMILES string of the molecule is NC(=O)[C@H]1CCCN1c1ccc(-c2ccnc(Nc3ccc(N4CCOCC4)c(Cl)c3)n2)cc1. The molecule has 1 atom stereocenters. The molecule has 2 aromatic carbocycles. The molecule has 2 saturated heterocycles. The predicted octanol–water partition coefficient (Wildman–Crippen LogP) is 3.83. The van der Waals surface area contributed by atoms with Gasteiger partial charge in [0.2, 0.25) is 11.9 Å². The lowest BCUT2D eigenvalue weighted by Gasteiger charge is -2.29. The average Bonchev–Trinajstić information content (AvgIpc) is 3.36. The molecule has 0 aliphatic carbocycles. The molecule has 2 aliphatic heterocycles. The van der Waals surface area contributed by atoms with E-state index in [0.717, 1.165) is 60.8 Å². The first kappa shape index (κ1) is 22.4. The topological polar surface area (TPSA) is 96.6 Å². The van der Waals surface area contributed by atoms with Crippen molar-refractivity contribution in [3.63, 3.8) is 0 Å². The number of aromatic nitrogens is 2. The fraction of sp³-hybridized carbons (Fsp3) is 0.320. The van der Waals surface area contributed by atoms with Crippen LogP contribution in [0.15, 0.2) is 54.7 Å². The molecule has 0 spiro atoms. The van der Waals surface area contributed by atoms with Crippen LogP contribution in [0.3, 0.4) is 0 Å². The Balaban J connectivity index is 1.30. The van der Waals surface area contributed by atoms with Crippen molar-refractivity contribution in [1.29, 1.82) is 0 Å². The molecule has 3 heterocycles. The van der Waals surface area contributed by atoms with Crippen molar-refractivity contribution in [3.8, 4) is 11.3 Å². The summed E-state index contributed by atoms with van der Waals surface area (Å²) in [6, 6.07) is 15.5. The molecule has 8 nitrogen and oxygen atoms in total. The third-order valence-electron chi connectivity index (χ3n) is 6.29. The highest BCUT2D eigenvalue weighted by Crippen LogP contribution is 2.31. The number of rotatable bonds is 6. The number of amides is 1. The summed E-state index contributed by atoms with van der Waals surface area (Å²) >= 11 is 6.56. The normalized spacial score (nSPS) is 18.2. The van der Waals surface area contributed by atoms with E-state index in [9.17, 15) is 4.79 Å². The summed E-state index contributed by atoms with van der Waals surface area (Å²) in [5.41, 5.74) is 10.1. The monoisotopic (exact) mass is 478 g/mol. The molecule has 34 heavy (non-hydrogen) atoms. The van der Waals surface area contributed by atoms with Crippen molar-refractivity contribution < 1.29 is 9.53 Å². The number of primary amides is 1. The number of morpholine rings is 1. The summed E-state index contributed by atoms with van der Waals surface area (Å²) in [5.74, 6) is 0.219. The molecule has 0 bridgehead atoms. The number of carbonyl (C=O) groups is 1. The standard InChI is InChI=1S/C25H27ClN6O2/c26-20-16-18(5-8-22(20)31-12-14-34-15-13-31)29-25-28-10-9-21(30-25)17-3-6-19(7-4-17)32-11-1-2-23(32)24(27)33/h3-10,16,23H,1-2,11-15H2,(H2,27,33)(H,28,29,30)/t23-/m1/s1. The fourth-order valence-corrected chi connectivity index (χ4v) is 4.85. The number of ether oxygens (including phenoxy) is 1. The Morgan fingerprint density at radius 1 is 1.09 bits per heavy atom. The van der Waals surface area contributed by atoms with Crippen LogP contribution in [0, 0.1) is 0 Å². The molecule has 2 fully saturated rings. The second-order valence-corrected chi connectivity index (χ2v) is 8.86. The van der Waals surface area contributed by atoms with E-state index in [4.69, 9.17) is 22.1 Å². The van der Waals surface area contributed by atoms with Gasteiger partial charge >= 0.3 is 0 Å². The summed E-state index contributed by atoms with van der Waals surface area (Å²) in [6.07, 6.45) is 3.50. The van der Waals surface area contributed by atoms with E-state index in [-0.39, 0.29) is 11.9 Å². The minimum Gasteiger partial charge on any atom is -0.378 e. The summed E-state index contributed by atoms with van der Waals surface area (Å²) in [7, 11) is 0. The number of carbonyl (C=O) groups excluding carboxylic acids is 1. The summed E-state index contributed by atoms with van der Waals surface area (Å²) in [6.45, 7) is 3.92. The molecule has 2 aliphatic rings. The van der Waals surface area contributed by atoms with Crippen molar-refractivity contribution in [3.05, 3.63) is 59.8 Å². The lowest BCUT2D eigenvalue weighted by molar-refractivity contribution is -0.119. The molecule has 1 aromatic heterocycles. The second-order valence-electron chi connectivity index (χ2n) is 8.46. The van der Waals surface area contributed by atoms with Gasteiger partial charge in [-0.1, -0.05) is 23.7 Å². The Morgan fingerprint density at radius 3 is 2.62 bits per heavy atom. The lowest BCUT2D eigenvalue weighted by Crippen LogP contribution is -2.40. The Morgan fingerprint density at radius 2 is 1.88 bits per heavy atom. The van der Waals surface area contributed by atoms with Crippen molar-refractivity contribution >= 4 is 40.5 Å². The van der Waals surface area contributed by atoms with Gasteiger partial charge in [0.15, 0.2) is 0 Å². The van der Waals surface area contributed by atoms with E-state index in [2.05, 4.69) is 25.1 Å². The van der Waals surface area contributed by atoms with Crippen molar-refractivity contribution in [1.82, 2.24) is 9.97 Å². The number of benzene rings is 2. The fourth-order valence-electron chi connectivity index (χ4n) is 4.55. The second kappa shape index (κ2) is 9.87. The zero-order valence-corrected chi connectivity index (χ0v) is 19.5. The summed E-state index contributed by atoms with van der Waals surface area (Å²) in [4.78, 5) is 25.1. The van der Waals surface area contributed by atoms with Crippen LogP contribution in [-0.4, -0.2) is 54.8 Å². The molecular formula is C25H27ClN6O2. The molecule has 0 unspecified atom stereocenters. The summed E-state index contributed by atoms with van der Waals surface area (Å²) in [5, 5.41) is 3.93. The van der Waals surface area contributed by atoms with E-state index < -0.39 is 0 Å². The van der Waals surface area contributed by atoms with Crippen molar-refractivity contribution in [2.45, 2.75) is 18.9 Å². The Labute approximate surface area is 203 Å². The quantitative estimate of drug-likeness (QED) is 0.555. The summed E-state index contributed by atoms with van der Waals surface area (Å²) < 4.78 is 5.42. The molecule has 3 aromatic rings. The molecule has 0 saturated carbocycles. The third kappa shape index (κ3) is 4.78. The average molecular weight is 479 g/mol. The largest absolute Gasteiger partial charge is 0.378 e. The maximum absolute atomic E-state index is 11.7. The smallest absolute Gasteiger partial charge is 0.240 e. The van der Waals surface area contributed by atoms with E-state index in [0.29, 0.717) is 24.2 Å². The van der Waals surface area contributed by atoms with Crippen LogP contribution >= 0.6 is 11.6 Å². The first-order valence-electron chi connectivity index (χ1n) is 11.5. The predicted molar refractivity (Wildman–Crippen MR) is 135 cm³/mol. The highest BCUT2D eigenvalue weighted by Gasteiger charge is 2.29. The van der Waals surface area contributed by atoms with Crippen LogP contribution < -0.4 is 20.9 Å². The van der Waals surface area contributed by atoms with Gasteiger partial charge < -0.3 is 25.6 Å². The van der Waals surface area contributed by atoms with Gasteiger partial charge in [0, 0.05) is 42.8 Å². The zero-order valence-electron chi connectivity index (χ0n) is 18.8. The third-order valence-corrected chi connectivity index (χ3v) is 6.59. The number of nitrogens with one attached hydrogen (secondary N) is 1. The van der Waals surface area contributed by atoms with Gasteiger partial charge in [0.25, 0.3) is 0 Å². The molecule has 0 radical (unpaired) electrons. The molecule has 9 heteroatoms. The van der Waals surface area contributed by atoms with Gasteiger partial charge in [0.1, 0.15) is 6.04 Å². The molecule has 1 amide bonds. The maximum atomic E-state index is 11.7. The number of nitrogens with zero attached hydrogens (tertiary/aromatic N) is 4. The molecule has 176 valence electrons. The number of hydrogen-bond acceptors (Lipinski definition) is 7.